The van der Waals surface area contributed by atoms with Crippen LogP contribution in [0.2, 0.25) is 0 Å². The molecule has 0 saturated carbocycles. The Morgan fingerprint density at radius 1 is 1.36 bits per heavy atom. The largest absolute Gasteiger partial charge is 0.493 e. The Balaban J connectivity index is 0.000001000. The van der Waals surface area contributed by atoms with Crippen LogP contribution in [-0.4, -0.2) is 40.2 Å². The molecule has 4 heteroatoms. The molecule has 1 rings (SSSR count). The molecule has 0 saturated heterocycles. The smallest absolute Gasteiger partial charge is 0.149 e. The predicted octanol–water partition coefficient (Wildman–Crippen LogP) is -0.751. The Labute approximate surface area is 65.7 Å². The summed E-state index contributed by atoms with van der Waals surface area (Å²) in [5, 5.41) is 26.6. The van der Waals surface area contributed by atoms with Crippen LogP contribution in [0.1, 0.15) is 7.43 Å². The van der Waals surface area contributed by atoms with Crippen LogP contribution in [-0.2, 0) is 4.74 Å². The molecule has 0 unspecified atom stereocenters. The molecule has 4 nitrogen and oxygen atoms in total. The summed E-state index contributed by atoms with van der Waals surface area (Å²) in [5.74, 6) is 0. The number of rotatable bonds is 1. The van der Waals surface area contributed by atoms with E-state index in [1.165, 1.54) is 12.3 Å². The van der Waals surface area contributed by atoms with Crippen LogP contribution in [0.4, 0.5) is 0 Å². The zero-order valence-electron chi connectivity index (χ0n) is 5.34. The zero-order valence-corrected chi connectivity index (χ0v) is 5.34. The van der Waals surface area contributed by atoms with Gasteiger partial charge in [-0.3, -0.25) is 0 Å². The normalized spacial score (nSPS) is 35.7. The molecule has 0 bridgehead atoms. The fourth-order valence-electron chi connectivity index (χ4n) is 0.792. The van der Waals surface area contributed by atoms with Crippen molar-refractivity contribution in [3.8, 4) is 0 Å². The van der Waals surface area contributed by atoms with Gasteiger partial charge < -0.3 is 20.1 Å². The van der Waals surface area contributed by atoms with Gasteiger partial charge in [-0.15, -0.1) is 0 Å². The van der Waals surface area contributed by atoms with Crippen molar-refractivity contribution in [2.75, 3.05) is 6.61 Å². The third-order valence-corrected chi connectivity index (χ3v) is 1.44. The van der Waals surface area contributed by atoms with E-state index in [-0.39, 0.29) is 14.0 Å². The first-order chi connectivity index (χ1) is 4.75. The maximum Gasteiger partial charge on any atom is 0.149 e. The van der Waals surface area contributed by atoms with E-state index in [2.05, 4.69) is 0 Å². The van der Waals surface area contributed by atoms with E-state index >= 15 is 0 Å². The highest BCUT2D eigenvalue weighted by molar-refractivity contribution is 4.96. The lowest BCUT2D eigenvalue weighted by Crippen LogP contribution is -2.42. The van der Waals surface area contributed by atoms with Gasteiger partial charge in [-0.2, -0.15) is 0 Å². The van der Waals surface area contributed by atoms with Crippen molar-refractivity contribution in [3.63, 3.8) is 0 Å². The summed E-state index contributed by atoms with van der Waals surface area (Å²) in [6.45, 7) is -0.289. The molecule has 0 fully saturated rings. The highest BCUT2D eigenvalue weighted by Crippen LogP contribution is 2.10. The number of aliphatic hydroxyl groups excluding tert-OH is 3. The Bertz CT molecular complexity index is 134. The molecule has 0 radical (unpaired) electrons. The third-order valence-electron chi connectivity index (χ3n) is 1.44. The van der Waals surface area contributed by atoms with Crippen LogP contribution >= 0.6 is 0 Å². The Kier molecular flexibility index (Phi) is 4.10. The van der Waals surface area contributed by atoms with Gasteiger partial charge in [0.1, 0.15) is 18.3 Å². The van der Waals surface area contributed by atoms with Crippen molar-refractivity contribution < 1.29 is 20.1 Å². The van der Waals surface area contributed by atoms with E-state index in [1.54, 1.807) is 0 Å². The summed E-state index contributed by atoms with van der Waals surface area (Å²) in [6.07, 6.45) is -0.0318. The SMILES string of the molecule is C.OC[C@H]1OC=C[C@@H](O)[C@@H]1O. The Morgan fingerprint density at radius 2 is 2.00 bits per heavy atom. The first-order valence-corrected chi connectivity index (χ1v) is 3.05. The van der Waals surface area contributed by atoms with Crippen LogP contribution in [0.3, 0.4) is 0 Å². The highest BCUT2D eigenvalue weighted by Gasteiger charge is 2.27. The van der Waals surface area contributed by atoms with E-state index in [1.807, 2.05) is 0 Å². The molecule has 0 aromatic heterocycles. The van der Waals surface area contributed by atoms with Crippen LogP contribution in [0, 0.1) is 0 Å². The first-order valence-electron chi connectivity index (χ1n) is 3.05. The van der Waals surface area contributed by atoms with Crippen molar-refractivity contribution in [1.29, 1.82) is 0 Å². The highest BCUT2D eigenvalue weighted by atomic mass is 16.5. The van der Waals surface area contributed by atoms with Crippen LogP contribution < -0.4 is 0 Å². The topological polar surface area (TPSA) is 69.9 Å². The summed E-state index contributed by atoms with van der Waals surface area (Å²) < 4.78 is 4.77. The van der Waals surface area contributed by atoms with Gasteiger partial charge in [0, 0.05) is 0 Å². The van der Waals surface area contributed by atoms with E-state index in [4.69, 9.17) is 20.1 Å². The fourth-order valence-corrected chi connectivity index (χ4v) is 0.792. The lowest BCUT2D eigenvalue weighted by atomic mass is 10.1. The van der Waals surface area contributed by atoms with Gasteiger partial charge in [-0.25, -0.2) is 0 Å². The van der Waals surface area contributed by atoms with E-state index in [9.17, 15) is 0 Å². The standard InChI is InChI=1S/C6H10O4.CH4/c7-3-5-6(9)4(8)1-2-10-5;/h1-2,4-9H,3H2;1H4/t4-,5-,6+;/m1./s1. The number of aliphatic hydroxyl groups is 3. The summed E-state index contributed by atoms with van der Waals surface area (Å²) in [4.78, 5) is 0. The molecular formula is C7H14O4. The first kappa shape index (κ1) is 10.4. The average molecular weight is 162 g/mol. The van der Waals surface area contributed by atoms with Gasteiger partial charge >= 0.3 is 0 Å². The van der Waals surface area contributed by atoms with Gasteiger partial charge in [0.15, 0.2) is 0 Å². The molecule has 1 aliphatic heterocycles. The van der Waals surface area contributed by atoms with Gasteiger partial charge in [-0.05, 0) is 6.08 Å². The fraction of sp³-hybridized carbons (Fsp3) is 0.714. The lowest BCUT2D eigenvalue weighted by Gasteiger charge is -2.26. The van der Waals surface area contributed by atoms with Gasteiger partial charge in [0.05, 0.1) is 12.9 Å². The minimum Gasteiger partial charge on any atom is -0.493 e. The quantitative estimate of drug-likeness (QED) is 0.474. The van der Waals surface area contributed by atoms with Crippen LogP contribution in [0.25, 0.3) is 0 Å². The van der Waals surface area contributed by atoms with E-state index < -0.39 is 18.3 Å². The van der Waals surface area contributed by atoms with Crippen molar-refractivity contribution in [1.82, 2.24) is 0 Å². The molecule has 0 spiro atoms. The second-order valence-electron chi connectivity index (χ2n) is 2.17. The molecule has 0 aromatic carbocycles. The van der Waals surface area contributed by atoms with Crippen molar-refractivity contribution in [2.45, 2.75) is 25.7 Å². The molecule has 0 aromatic rings. The predicted molar refractivity (Wildman–Crippen MR) is 39.8 cm³/mol. The number of hydrogen-bond acceptors (Lipinski definition) is 4. The summed E-state index contributed by atoms with van der Waals surface area (Å²) in [7, 11) is 0. The molecule has 3 atom stereocenters. The molecule has 1 heterocycles. The Hall–Kier alpha value is -0.580. The summed E-state index contributed by atoms with van der Waals surface area (Å²) in [5.41, 5.74) is 0. The second-order valence-corrected chi connectivity index (χ2v) is 2.17. The Morgan fingerprint density at radius 3 is 2.45 bits per heavy atom. The molecule has 1 aliphatic rings. The zero-order chi connectivity index (χ0) is 7.56. The van der Waals surface area contributed by atoms with Crippen molar-refractivity contribution in [2.24, 2.45) is 0 Å². The number of hydrogen-bond donors (Lipinski definition) is 3. The van der Waals surface area contributed by atoms with Gasteiger partial charge in [0.25, 0.3) is 0 Å². The van der Waals surface area contributed by atoms with Crippen LogP contribution in [0.15, 0.2) is 12.3 Å². The van der Waals surface area contributed by atoms with Crippen LogP contribution in [0.5, 0.6) is 0 Å². The molecule has 11 heavy (non-hydrogen) atoms. The van der Waals surface area contributed by atoms with E-state index in [0.717, 1.165) is 0 Å². The van der Waals surface area contributed by atoms with Crippen molar-refractivity contribution >= 4 is 0 Å². The maximum atomic E-state index is 9.05. The number of ether oxygens (including phenoxy) is 1. The van der Waals surface area contributed by atoms with Crippen molar-refractivity contribution in [3.05, 3.63) is 12.3 Å². The molecule has 0 amide bonds. The third kappa shape index (κ3) is 2.18. The lowest BCUT2D eigenvalue weighted by molar-refractivity contribution is -0.0808. The average Bonchev–Trinajstić information content (AvgIpc) is 1.95. The summed E-state index contributed by atoms with van der Waals surface area (Å²) >= 11 is 0. The van der Waals surface area contributed by atoms with E-state index in [0.29, 0.717) is 0 Å². The molecule has 66 valence electrons. The molecule has 0 aliphatic carbocycles. The van der Waals surface area contributed by atoms with Gasteiger partial charge in [0.2, 0.25) is 0 Å². The minimum absolute atomic E-state index is 0. The molecular weight excluding hydrogens is 148 g/mol. The second kappa shape index (κ2) is 4.33. The summed E-state index contributed by atoms with van der Waals surface area (Å²) in [6, 6.07) is 0. The monoisotopic (exact) mass is 162 g/mol. The van der Waals surface area contributed by atoms with Gasteiger partial charge in [-0.1, -0.05) is 7.43 Å². The maximum absolute atomic E-state index is 9.05. The molecule has 3 N–H and O–H groups in total. The minimum atomic E-state index is -1.02.